The maximum atomic E-state index is 12.5. The van der Waals surface area contributed by atoms with Crippen molar-refractivity contribution in [3.8, 4) is 0 Å². The van der Waals surface area contributed by atoms with Crippen molar-refractivity contribution in [2.75, 3.05) is 32.1 Å². The van der Waals surface area contributed by atoms with Crippen LogP contribution in [0, 0.1) is 5.92 Å². The molecule has 1 fully saturated rings. The van der Waals surface area contributed by atoms with Crippen LogP contribution in [0.1, 0.15) is 39.9 Å². The lowest BCUT2D eigenvalue weighted by Crippen LogP contribution is -2.33. The average Bonchev–Trinajstić information content (AvgIpc) is 2.86. The van der Waals surface area contributed by atoms with E-state index >= 15 is 0 Å². The third-order valence-electron chi connectivity index (χ3n) is 6.53. The maximum Gasteiger partial charge on any atom is 0.271 e. The molecule has 1 saturated heterocycles. The minimum atomic E-state index is -0.210. The predicted octanol–water partition coefficient (Wildman–Crippen LogP) is 5.73. The zero-order valence-corrected chi connectivity index (χ0v) is 22.0. The van der Waals surface area contributed by atoms with Gasteiger partial charge < -0.3 is 4.90 Å². The molecule has 0 aromatic heterocycles. The first-order valence-corrected chi connectivity index (χ1v) is 12.9. The first-order chi connectivity index (χ1) is 17.0. The highest BCUT2D eigenvalue weighted by atomic mass is 79.9. The van der Waals surface area contributed by atoms with Gasteiger partial charge in [-0.2, -0.15) is 5.10 Å². The summed E-state index contributed by atoms with van der Waals surface area (Å²) >= 11 is 3.57. The van der Waals surface area contributed by atoms with Crippen molar-refractivity contribution in [1.29, 1.82) is 0 Å². The van der Waals surface area contributed by atoms with Gasteiger partial charge in [-0.3, -0.25) is 9.69 Å². The molecule has 0 bridgehead atoms. The number of carbonyl (C=O) groups excluding carboxylic acids is 1. The molecular weight excluding hydrogens is 500 g/mol. The van der Waals surface area contributed by atoms with Gasteiger partial charge in [0.15, 0.2) is 0 Å². The number of hydrogen-bond donors (Lipinski definition) is 1. The van der Waals surface area contributed by atoms with Crippen molar-refractivity contribution in [3.05, 3.63) is 99.5 Å². The van der Waals surface area contributed by atoms with Crippen LogP contribution < -0.4 is 10.3 Å². The second-order valence-electron chi connectivity index (χ2n) is 9.41. The Balaban J connectivity index is 1.23. The fourth-order valence-electron chi connectivity index (χ4n) is 4.51. The Bertz CT molecular complexity index is 1140. The Kier molecular flexibility index (Phi) is 8.72. The van der Waals surface area contributed by atoms with Gasteiger partial charge in [0.2, 0.25) is 0 Å². The van der Waals surface area contributed by atoms with Gasteiger partial charge in [-0.1, -0.05) is 48.5 Å². The molecule has 3 aromatic carbocycles. The van der Waals surface area contributed by atoms with Crippen molar-refractivity contribution < 1.29 is 4.79 Å². The van der Waals surface area contributed by atoms with Gasteiger partial charge >= 0.3 is 0 Å². The number of benzene rings is 3. The number of rotatable bonds is 8. The highest BCUT2D eigenvalue weighted by molar-refractivity contribution is 9.10. The van der Waals surface area contributed by atoms with E-state index in [9.17, 15) is 4.79 Å². The Morgan fingerprint density at radius 3 is 2.40 bits per heavy atom. The highest BCUT2D eigenvalue weighted by Gasteiger charge is 2.19. The average molecular weight is 534 g/mol. The topological polar surface area (TPSA) is 47.9 Å². The minimum absolute atomic E-state index is 0.210. The quantitative estimate of drug-likeness (QED) is 0.297. The first-order valence-electron chi connectivity index (χ1n) is 12.1. The zero-order valence-electron chi connectivity index (χ0n) is 20.5. The van der Waals surface area contributed by atoms with Crippen LogP contribution in [-0.4, -0.2) is 44.2 Å². The van der Waals surface area contributed by atoms with Gasteiger partial charge in [0.25, 0.3) is 5.91 Å². The van der Waals surface area contributed by atoms with E-state index in [2.05, 4.69) is 61.7 Å². The summed E-state index contributed by atoms with van der Waals surface area (Å²) in [7, 11) is 3.99. The van der Waals surface area contributed by atoms with E-state index in [1.54, 1.807) is 6.21 Å². The monoisotopic (exact) mass is 532 g/mol. The van der Waals surface area contributed by atoms with E-state index in [4.69, 9.17) is 0 Å². The van der Waals surface area contributed by atoms with Crippen molar-refractivity contribution >= 4 is 33.7 Å². The molecule has 6 heteroatoms. The Hall–Kier alpha value is -2.96. The Labute approximate surface area is 217 Å². The molecule has 3 aromatic rings. The van der Waals surface area contributed by atoms with Crippen molar-refractivity contribution in [1.82, 2.24) is 10.3 Å². The molecule has 1 aliphatic heterocycles. The van der Waals surface area contributed by atoms with E-state index in [1.165, 1.54) is 30.4 Å². The summed E-state index contributed by atoms with van der Waals surface area (Å²) in [6.45, 7) is 3.18. The normalized spacial score (nSPS) is 14.8. The number of amides is 1. The smallest absolute Gasteiger partial charge is 0.271 e. The number of nitrogens with zero attached hydrogens (tertiary/aromatic N) is 3. The second-order valence-corrected chi connectivity index (χ2v) is 10.3. The Morgan fingerprint density at radius 1 is 1.03 bits per heavy atom. The van der Waals surface area contributed by atoms with Crippen LogP contribution in [0.4, 0.5) is 5.69 Å². The second kappa shape index (κ2) is 12.1. The summed E-state index contributed by atoms with van der Waals surface area (Å²) in [6.07, 6.45) is 5.31. The molecule has 1 heterocycles. The van der Waals surface area contributed by atoms with Gasteiger partial charge in [-0.05, 0) is 95.2 Å². The number of halogens is 1. The largest absolute Gasteiger partial charge is 0.377 e. The molecule has 0 unspecified atom stereocenters. The van der Waals surface area contributed by atoms with E-state index in [1.807, 2.05) is 61.5 Å². The zero-order chi connectivity index (χ0) is 24.6. The summed E-state index contributed by atoms with van der Waals surface area (Å²) in [5, 5.41) is 4.12. The van der Waals surface area contributed by atoms with Crippen molar-refractivity contribution in [2.45, 2.75) is 25.8 Å². The predicted molar refractivity (Wildman–Crippen MR) is 148 cm³/mol. The van der Waals surface area contributed by atoms with E-state index in [0.29, 0.717) is 5.56 Å². The highest BCUT2D eigenvalue weighted by Crippen LogP contribution is 2.25. The van der Waals surface area contributed by atoms with Gasteiger partial charge in [-0.25, -0.2) is 5.43 Å². The molecule has 1 amide bonds. The first kappa shape index (κ1) is 25.1. The lowest BCUT2D eigenvalue weighted by atomic mass is 9.90. The van der Waals surface area contributed by atoms with E-state index in [-0.39, 0.29) is 5.91 Å². The molecule has 0 saturated carbocycles. The molecule has 35 heavy (non-hydrogen) atoms. The molecule has 0 atom stereocenters. The number of nitrogens with one attached hydrogen (secondary N) is 1. The number of hydrazone groups is 1. The standard InChI is InChI=1S/C29H33BrN4O/c1-33(2)28-13-10-25(19-27(28)30)20-31-32-29(35)26-11-8-24(9-12-26)21-34-16-14-23(15-17-34)18-22-6-4-3-5-7-22/h3-13,19-20,23H,14-18,21H2,1-2H3,(H,32,35)/b31-20-. The molecule has 0 aliphatic carbocycles. The van der Waals surface area contributed by atoms with Crippen LogP contribution >= 0.6 is 15.9 Å². The van der Waals surface area contributed by atoms with Crippen LogP contribution in [0.2, 0.25) is 0 Å². The lowest BCUT2D eigenvalue weighted by Gasteiger charge is -2.32. The summed E-state index contributed by atoms with van der Waals surface area (Å²) in [6, 6.07) is 24.6. The molecule has 0 radical (unpaired) electrons. The molecule has 182 valence electrons. The Morgan fingerprint density at radius 2 is 1.74 bits per heavy atom. The summed E-state index contributed by atoms with van der Waals surface area (Å²) in [5.74, 6) is 0.561. The molecule has 1 aliphatic rings. The number of hydrogen-bond acceptors (Lipinski definition) is 4. The van der Waals surface area contributed by atoms with E-state index < -0.39 is 0 Å². The number of likely N-dealkylation sites (tertiary alicyclic amines) is 1. The summed E-state index contributed by atoms with van der Waals surface area (Å²) in [5.41, 5.74) is 7.90. The molecule has 5 nitrogen and oxygen atoms in total. The fraction of sp³-hybridized carbons (Fsp3) is 0.310. The third kappa shape index (κ3) is 7.26. The summed E-state index contributed by atoms with van der Waals surface area (Å²) in [4.78, 5) is 17.0. The third-order valence-corrected chi connectivity index (χ3v) is 7.17. The van der Waals surface area contributed by atoms with Crippen molar-refractivity contribution in [2.24, 2.45) is 11.0 Å². The van der Waals surface area contributed by atoms with Crippen LogP contribution in [0.25, 0.3) is 0 Å². The molecular formula is C29H33BrN4O. The van der Waals surface area contributed by atoms with Gasteiger partial charge in [0.05, 0.1) is 11.9 Å². The van der Waals surface area contributed by atoms with Crippen LogP contribution in [0.3, 0.4) is 0 Å². The van der Waals surface area contributed by atoms with E-state index in [0.717, 1.165) is 41.3 Å². The molecule has 0 spiro atoms. The molecule has 1 N–H and O–H groups in total. The van der Waals surface area contributed by atoms with Crippen molar-refractivity contribution in [3.63, 3.8) is 0 Å². The van der Waals surface area contributed by atoms with Gasteiger partial charge in [-0.15, -0.1) is 0 Å². The summed E-state index contributed by atoms with van der Waals surface area (Å²) < 4.78 is 0.980. The van der Waals surface area contributed by atoms with Crippen LogP contribution in [0.15, 0.2) is 82.4 Å². The van der Waals surface area contributed by atoms with Gasteiger partial charge in [0.1, 0.15) is 0 Å². The minimum Gasteiger partial charge on any atom is -0.377 e. The maximum absolute atomic E-state index is 12.5. The number of carbonyl (C=O) groups is 1. The SMILES string of the molecule is CN(C)c1ccc(/C=N\NC(=O)c2ccc(CN3CCC(Cc4ccccc4)CC3)cc2)cc1Br. The van der Waals surface area contributed by atoms with Crippen LogP contribution in [-0.2, 0) is 13.0 Å². The van der Waals surface area contributed by atoms with Gasteiger partial charge in [0, 0.05) is 30.7 Å². The van der Waals surface area contributed by atoms with Crippen LogP contribution in [0.5, 0.6) is 0 Å². The number of anilines is 1. The number of piperidine rings is 1. The molecule has 4 rings (SSSR count). The fourth-order valence-corrected chi connectivity index (χ4v) is 5.26. The lowest BCUT2D eigenvalue weighted by molar-refractivity contribution is 0.0955.